The van der Waals surface area contributed by atoms with Crippen LogP contribution >= 0.6 is 0 Å². The van der Waals surface area contributed by atoms with Crippen molar-refractivity contribution in [1.82, 2.24) is 5.32 Å². The summed E-state index contributed by atoms with van der Waals surface area (Å²) in [7, 11) is 0. The first-order valence-corrected chi connectivity index (χ1v) is 13.5. The van der Waals surface area contributed by atoms with Crippen LogP contribution in [0.2, 0.25) is 0 Å². The van der Waals surface area contributed by atoms with Gasteiger partial charge in [0.15, 0.2) is 11.5 Å². The summed E-state index contributed by atoms with van der Waals surface area (Å²) in [4.78, 5) is 11.7. The summed E-state index contributed by atoms with van der Waals surface area (Å²) < 4.78 is 11.6. The number of hydrogen-bond donors (Lipinski definition) is 3. The quantitative estimate of drug-likeness (QED) is 0.214. The molecule has 3 unspecified atom stereocenters. The SMILES string of the molecule is CCCCCC(CC)CCC(O)CC(CCc1ccc(O)c(OC2CCNCC2)c1)OC(C)=O. The molecule has 6 nitrogen and oxygen atoms in total. The normalized spacial score (nSPS) is 17.2. The van der Waals surface area contributed by atoms with E-state index in [0.717, 1.165) is 50.8 Å². The number of piperidine rings is 1. The number of rotatable bonds is 16. The first-order valence-electron chi connectivity index (χ1n) is 13.5. The topological polar surface area (TPSA) is 88.0 Å². The number of phenols is 1. The van der Waals surface area contributed by atoms with Crippen LogP contribution in [0.1, 0.15) is 97.0 Å². The number of carbonyl (C=O) groups excluding carboxylic acids is 1. The van der Waals surface area contributed by atoms with Crippen LogP contribution in [0.5, 0.6) is 11.5 Å². The Morgan fingerprint density at radius 2 is 1.88 bits per heavy atom. The van der Waals surface area contributed by atoms with Gasteiger partial charge in [0, 0.05) is 13.3 Å². The zero-order valence-corrected chi connectivity index (χ0v) is 21.6. The summed E-state index contributed by atoms with van der Waals surface area (Å²) in [5, 5.41) is 24.2. The highest BCUT2D eigenvalue weighted by Gasteiger charge is 2.20. The van der Waals surface area contributed by atoms with Crippen molar-refractivity contribution in [2.45, 2.75) is 116 Å². The summed E-state index contributed by atoms with van der Waals surface area (Å²) in [6.07, 6.45) is 10.8. The highest BCUT2D eigenvalue weighted by atomic mass is 16.5. The molecule has 3 atom stereocenters. The standard InChI is InChI=1S/C28H47NO5/c1-4-6-7-8-22(5-2)9-12-24(31)20-26(33-21(3)30)13-10-23-11-14-27(32)28(19-23)34-25-15-17-29-18-16-25/h11,14,19,22,24-26,29,31-32H,4-10,12-13,15-18,20H2,1-3H3. The maximum Gasteiger partial charge on any atom is 0.302 e. The molecule has 0 amide bonds. The van der Waals surface area contributed by atoms with Crippen molar-refractivity contribution in [1.29, 1.82) is 0 Å². The van der Waals surface area contributed by atoms with Gasteiger partial charge in [-0.25, -0.2) is 0 Å². The first kappa shape index (κ1) is 28.4. The van der Waals surface area contributed by atoms with E-state index in [1.165, 1.54) is 32.6 Å². The summed E-state index contributed by atoms with van der Waals surface area (Å²) >= 11 is 0. The van der Waals surface area contributed by atoms with Gasteiger partial charge in [-0.15, -0.1) is 0 Å². The lowest BCUT2D eigenvalue weighted by Crippen LogP contribution is -2.34. The molecule has 0 spiro atoms. The van der Waals surface area contributed by atoms with Gasteiger partial charge in [0.1, 0.15) is 12.2 Å². The largest absolute Gasteiger partial charge is 0.504 e. The molecule has 0 aromatic heterocycles. The van der Waals surface area contributed by atoms with Gasteiger partial charge in [0.25, 0.3) is 0 Å². The molecule has 1 heterocycles. The number of aryl methyl sites for hydroxylation is 1. The van der Waals surface area contributed by atoms with E-state index in [1.54, 1.807) is 6.07 Å². The highest BCUT2D eigenvalue weighted by molar-refractivity contribution is 5.66. The van der Waals surface area contributed by atoms with Crippen LogP contribution < -0.4 is 10.1 Å². The number of ether oxygens (including phenoxy) is 2. The van der Waals surface area contributed by atoms with E-state index in [2.05, 4.69) is 19.2 Å². The Balaban J connectivity index is 1.86. The Hall–Kier alpha value is -1.79. The smallest absolute Gasteiger partial charge is 0.302 e. The molecule has 1 saturated heterocycles. The number of phenolic OH excluding ortho intramolecular Hbond substituents is 1. The van der Waals surface area contributed by atoms with E-state index in [1.807, 2.05) is 12.1 Å². The van der Waals surface area contributed by atoms with Gasteiger partial charge in [-0.05, 0) is 75.2 Å². The molecule has 34 heavy (non-hydrogen) atoms. The molecule has 0 bridgehead atoms. The molecule has 1 aliphatic heterocycles. The van der Waals surface area contributed by atoms with Gasteiger partial charge >= 0.3 is 5.97 Å². The van der Waals surface area contributed by atoms with E-state index in [4.69, 9.17) is 9.47 Å². The summed E-state index contributed by atoms with van der Waals surface area (Å²) in [5.41, 5.74) is 1.02. The van der Waals surface area contributed by atoms with Crippen LogP contribution in [0.3, 0.4) is 0 Å². The number of benzene rings is 1. The minimum atomic E-state index is -0.469. The van der Waals surface area contributed by atoms with E-state index < -0.39 is 6.10 Å². The van der Waals surface area contributed by atoms with Crippen LogP contribution in [-0.2, 0) is 16.0 Å². The van der Waals surface area contributed by atoms with Gasteiger partial charge < -0.3 is 25.0 Å². The predicted molar refractivity (Wildman–Crippen MR) is 136 cm³/mol. The lowest BCUT2D eigenvalue weighted by Gasteiger charge is -2.24. The zero-order chi connectivity index (χ0) is 24.8. The fourth-order valence-corrected chi connectivity index (χ4v) is 4.77. The Morgan fingerprint density at radius 1 is 1.12 bits per heavy atom. The third kappa shape index (κ3) is 11.1. The first-order chi connectivity index (χ1) is 16.4. The molecule has 3 N–H and O–H groups in total. The molecular weight excluding hydrogens is 430 g/mol. The van der Waals surface area contributed by atoms with Crippen LogP contribution in [0, 0.1) is 5.92 Å². The molecule has 0 saturated carbocycles. The average molecular weight is 478 g/mol. The summed E-state index contributed by atoms with van der Waals surface area (Å²) in [6, 6.07) is 5.44. The van der Waals surface area contributed by atoms with Gasteiger partial charge in [0.2, 0.25) is 0 Å². The second kappa shape index (κ2) is 16.0. The number of aromatic hydroxyl groups is 1. The fraction of sp³-hybridized carbons (Fsp3) is 0.750. The van der Waals surface area contributed by atoms with Crippen LogP contribution in [0.25, 0.3) is 0 Å². The predicted octanol–water partition coefficient (Wildman–Crippen LogP) is 5.53. The minimum absolute atomic E-state index is 0.111. The van der Waals surface area contributed by atoms with E-state index in [0.29, 0.717) is 30.9 Å². The molecule has 0 radical (unpaired) electrons. The van der Waals surface area contributed by atoms with Gasteiger partial charge in [-0.3, -0.25) is 4.79 Å². The Labute approximate surface area is 206 Å². The number of esters is 1. The second-order valence-electron chi connectivity index (χ2n) is 9.88. The summed E-state index contributed by atoms with van der Waals surface area (Å²) in [5.74, 6) is 1.01. The Bertz CT molecular complexity index is 704. The van der Waals surface area contributed by atoms with E-state index in [-0.39, 0.29) is 23.9 Å². The molecule has 6 heteroatoms. The number of aliphatic hydroxyl groups is 1. The fourth-order valence-electron chi connectivity index (χ4n) is 4.77. The molecule has 1 aliphatic rings. The lowest BCUT2D eigenvalue weighted by atomic mass is 9.91. The number of unbranched alkanes of at least 4 members (excludes halogenated alkanes) is 2. The van der Waals surface area contributed by atoms with Crippen molar-refractivity contribution in [3.63, 3.8) is 0 Å². The lowest BCUT2D eigenvalue weighted by molar-refractivity contribution is -0.148. The van der Waals surface area contributed by atoms with Gasteiger partial charge in [-0.1, -0.05) is 52.0 Å². The molecule has 2 rings (SSSR count). The maximum atomic E-state index is 11.7. The van der Waals surface area contributed by atoms with Crippen LogP contribution in [0.15, 0.2) is 18.2 Å². The van der Waals surface area contributed by atoms with Crippen molar-refractivity contribution >= 4 is 5.97 Å². The number of hydrogen-bond acceptors (Lipinski definition) is 6. The second-order valence-corrected chi connectivity index (χ2v) is 9.88. The number of nitrogens with one attached hydrogen (secondary N) is 1. The van der Waals surface area contributed by atoms with E-state index >= 15 is 0 Å². The van der Waals surface area contributed by atoms with Crippen LogP contribution in [-0.4, -0.2) is 47.6 Å². The maximum absolute atomic E-state index is 11.7. The molecule has 1 fully saturated rings. The molecule has 194 valence electrons. The number of aliphatic hydroxyl groups excluding tert-OH is 1. The van der Waals surface area contributed by atoms with Crippen molar-refractivity contribution in [2.75, 3.05) is 13.1 Å². The van der Waals surface area contributed by atoms with E-state index in [9.17, 15) is 15.0 Å². The molecular formula is C28H47NO5. The third-order valence-electron chi connectivity index (χ3n) is 6.93. The molecule has 0 aliphatic carbocycles. The van der Waals surface area contributed by atoms with Crippen molar-refractivity contribution in [2.24, 2.45) is 5.92 Å². The molecule has 1 aromatic rings. The Kier molecular flexibility index (Phi) is 13.4. The molecule has 1 aromatic carbocycles. The van der Waals surface area contributed by atoms with Gasteiger partial charge in [-0.2, -0.15) is 0 Å². The Morgan fingerprint density at radius 3 is 2.56 bits per heavy atom. The number of carbonyl (C=O) groups is 1. The summed E-state index contributed by atoms with van der Waals surface area (Å²) in [6.45, 7) is 7.72. The highest BCUT2D eigenvalue weighted by Crippen LogP contribution is 2.30. The van der Waals surface area contributed by atoms with Crippen molar-refractivity contribution in [3.8, 4) is 11.5 Å². The van der Waals surface area contributed by atoms with Gasteiger partial charge in [0.05, 0.1) is 6.10 Å². The van der Waals surface area contributed by atoms with Crippen molar-refractivity contribution in [3.05, 3.63) is 23.8 Å². The van der Waals surface area contributed by atoms with Crippen molar-refractivity contribution < 1.29 is 24.5 Å². The minimum Gasteiger partial charge on any atom is -0.504 e. The monoisotopic (exact) mass is 477 g/mol. The zero-order valence-electron chi connectivity index (χ0n) is 21.6. The third-order valence-corrected chi connectivity index (χ3v) is 6.93. The average Bonchev–Trinajstić information content (AvgIpc) is 2.82. The van der Waals surface area contributed by atoms with Crippen LogP contribution in [0.4, 0.5) is 0 Å².